The van der Waals surface area contributed by atoms with Gasteiger partial charge in [-0.25, -0.2) is 9.18 Å². The fourth-order valence-electron chi connectivity index (χ4n) is 2.06. The first-order chi connectivity index (χ1) is 11.5. The first-order valence-corrected chi connectivity index (χ1v) is 7.47. The van der Waals surface area contributed by atoms with Gasteiger partial charge in [0.15, 0.2) is 0 Å². The van der Waals surface area contributed by atoms with Gasteiger partial charge in [0, 0.05) is 0 Å². The summed E-state index contributed by atoms with van der Waals surface area (Å²) >= 11 is 5.71. The number of amides is 1. The van der Waals surface area contributed by atoms with Gasteiger partial charge in [0.2, 0.25) is 0 Å². The third-order valence-electron chi connectivity index (χ3n) is 3.23. The van der Waals surface area contributed by atoms with E-state index in [4.69, 9.17) is 21.4 Å². The number of alkyl carbamates (subject to hydrolysis) is 1. The third kappa shape index (κ3) is 5.24. The summed E-state index contributed by atoms with van der Waals surface area (Å²) in [5, 5.41) is 11.3. The Hall–Kier alpha value is -2.60. The largest absolute Gasteiger partial charge is 0.481 e. The Balaban J connectivity index is 2.03. The van der Waals surface area contributed by atoms with Crippen LogP contribution in [0.5, 0.6) is 0 Å². The Labute approximate surface area is 143 Å². The Bertz CT molecular complexity index is 724. The number of hydrogen-bond acceptors (Lipinski definition) is 3. The predicted molar refractivity (Wildman–Crippen MR) is 86.2 cm³/mol. The van der Waals surface area contributed by atoms with Crippen LogP contribution in [0, 0.1) is 5.82 Å². The van der Waals surface area contributed by atoms with Crippen molar-refractivity contribution >= 4 is 23.7 Å². The number of carbonyl (C=O) groups excluding carboxylic acids is 1. The maximum atomic E-state index is 13.2. The van der Waals surface area contributed by atoms with E-state index in [9.17, 15) is 14.0 Å². The van der Waals surface area contributed by atoms with E-state index in [0.29, 0.717) is 5.56 Å². The zero-order valence-corrected chi connectivity index (χ0v) is 13.3. The number of rotatable bonds is 6. The smallest absolute Gasteiger partial charge is 0.407 e. The van der Waals surface area contributed by atoms with E-state index < -0.39 is 23.9 Å². The molecular weight excluding hydrogens is 337 g/mol. The minimum atomic E-state index is -1.12. The molecule has 0 spiro atoms. The van der Waals surface area contributed by atoms with E-state index in [1.807, 2.05) is 18.2 Å². The van der Waals surface area contributed by atoms with E-state index in [-0.39, 0.29) is 18.1 Å². The number of hydrogen-bond donors (Lipinski definition) is 2. The maximum Gasteiger partial charge on any atom is 0.407 e. The summed E-state index contributed by atoms with van der Waals surface area (Å²) in [4.78, 5) is 22.9. The number of carboxylic acids is 1. The molecule has 2 aromatic rings. The second-order valence-electron chi connectivity index (χ2n) is 5.03. The van der Waals surface area contributed by atoms with Crippen molar-refractivity contribution in [2.45, 2.75) is 19.1 Å². The minimum Gasteiger partial charge on any atom is -0.481 e. The number of ether oxygens (including phenoxy) is 1. The zero-order valence-electron chi connectivity index (χ0n) is 12.5. The SMILES string of the molecule is O=C(O)C[C@@H](NC(=O)OCc1ccccc1)c1ccc(F)c(Cl)c1. The summed E-state index contributed by atoms with van der Waals surface area (Å²) in [5.41, 5.74) is 1.17. The topological polar surface area (TPSA) is 75.6 Å². The standard InChI is InChI=1S/C17H15ClFNO4/c18-13-8-12(6-7-14(13)19)15(9-16(21)22)20-17(23)24-10-11-4-2-1-3-5-11/h1-8,15H,9-10H2,(H,20,23)(H,21,22)/t15-/m1/s1. The molecule has 5 nitrogen and oxygen atoms in total. The van der Waals surface area contributed by atoms with Gasteiger partial charge >= 0.3 is 12.1 Å². The molecule has 24 heavy (non-hydrogen) atoms. The molecule has 1 amide bonds. The van der Waals surface area contributed by atoms with Crippen molar-refractivity contribution in [3.8, 4) is 0 Å². The van der Waals surface area contributed by atoms with Crippen molar-refractivity contribution in [1.82, 2.24) is 5.32 Å². The first-order valence-electron chi connectivity index (χ1n) is 7.09. The van der Waals surface area contributed by atoms with Gasteiger partial charge in [0.1, 0.15) is 12.4 Å². The van der Waals surface area contributed by atoms with Gasteiger partial charge in [0.05, 0.1) is 17.5 Å². The molecule has 0 heterocycles. The second-order valence-corrected chi connectivity index (χ2v) is 5.44. The van der Waals surface area contributed by atoms with Gasteiger partial charge in [-0.3, -0.25) is 4.79 Å². The first kappa shape index (κ1) is 17.7. The summed E-state index contributed by atoms with van der Waals surface area (Å²) in [6.45, 7) is 0.0522. The molecule has 0 saturated heterocycles. The van der Waals surface area contributed by atoms with E-state index in [1.165, 1.54) is 12.1 Å². The van der Waals surface area contributed by atoms with E-state index >= 15 is 0 Å². The van der Waals surface area contributed by atoms with Gasteiger partial charge in [-0.2, -0.15) is 0 Å². The number of nitrogens with one attached hydrogen (secondary N) is 1. The maximum absolute atomic E-state index is 13.2. The van der Waals surface area contributed by atoms with Crippen LogP contribution in [0.25, 0.3) is 0 Å². The van der Waals surface area contributed by atoms with Crippen molar-refractivity contribution in [1.29, 1.82) is 0 Å². The lowest BCUT2D eigenvalue weighted by Crippen LogP contribution is -2.30. The highest BCUT2D eigenvalue weighted by Crippen LogP contribution is 2.23. The van der Waals surface area contributed by atoms with Crippen LogP contribution >= 0.6 is 11.6 Å². The molecule has 0 saturated carbocycles. The van der Waals surface area contributed by atoms with E-state index in [0.717, 1.165) is 11.6 Å². The van der Waals surface area contributed by atoms with Gasteiger partial charge in [-0.1, -0.05) is 48.0 Å². The quantitative estimate of drug-likeness (QED) is 0.827. The highest BCUT2D eigenvalue weighted by molar-refractivity contribution is 6.30. The van der Waals surface area contributed by atoms with Crippen LogP contribution in [-0.4, -0.2) is 17.2 Å². The van der Waals surface area contributed by atoms with Crippen molar-refractivity contribution in [2.75, 3.05) is 0 Å². The lowest BCUT2D eigenvalue weighted by atomic mass is 10.0. The van der Waals surface area contributed by atoms with Crippen LogP contribution in [-0.2, 0) is 16.1 Å². The molecule has 0 radical (unpaired) electrons. The molecular formula is C17H15ClFNO4. The van der Waals surface area contributed by atoms with Gasteiger partial charge in [-0.05, 0) is 23.3 Å². The average Bonchev–Trinajstić information content (AvgIpc) is 2.55. The van der Waals surface area contributed by atoms with Crippen LogP contribution in [0.1, 0.15) is 23.6 Å². The molecule has 0 aliphatic rings. The van der Waals surface area contributed by atoms with Crippen LogP contribution in [0.4, 0.5) is 9.18 Å². The van der Waals surface area contributed by atoms with Crippen molar-refractivity contribution in [3.63, 3.8) is 0 Å². The van der Waals surface area contributed by atoms with Crippen LogP contribution < -0.4 is 5.32 Å². The molecule has 0 bridgehead atoms. The molecule has 7 heteroatoms. The molecule has 2 aromatic carbocycles. The molecule has 0 aliphatic carbocycles. The third-order valence-corrected chi connectivity index (χ3v) is 3.52. The zero-order chi connectivity index (χ0) is 17.5. The monoisotopic (exact) mass is 351 g/mol. The van der Waals surface area contributed by atoms with Crippen LogP contribution in [0.2, 0.25) is 5.02 Å². The van der Waals surface area contributed by atoms with Gasteiger partial charge in [-0.15, -0.1) is 0 Å². The van der Waals surface area contributed by atoms with Crippen LogP contribution in [0.15, 0.2) is 48.5 Å². The molecule has 0 aromatic heterocycles. The summed E-state index contributed by atoms with van der Waals surface area (Å²) in [6.07, 6.45) is -1.16. The Morgan fingerprint density at radius 2 is 1.92 bits per heavy atom. The average molecular weight is 352 g/mol. The minimum absolute atomic E-state index is 0.0522. The molecule has 126 valence electrons. The normalized spacial score (nSPS) is 11.6. The molecule has 2 rings (SSSR count). The number of carbonyl (C=O) groups is 2. The highest BCUT2D eigenvalue weighted by Gasteiger charge is 2.20. The highest BCUT2D eigenvalue weighted by atomic mass is 35.5. The lowest BCUT2D eigenvalue weighted by Gasteiger charge is -2.17. The summed E-state index contributed by atoms with van der Waals surface area (Å²) in [6, 6.07) is 11.9. The predicted octanol–water partition coefficient (Wildman–Crippen LogP) is 3.92. The van der Waals surface area contributed by atoms with Crippen molar-refractivity contribution in [3.05, 3.63) is 70.5 Å². The fourth-order valence-corrected chi connectivity index (χ4v) is 2.25. The van der Waals surface area contributed by atoms with Crippen LogP contribution in [0.3, 0.4) is 0 Å². The summed E-state index contributed by atoms with van der Waals surface area (Å²) < 4.78 is 18.3. The van der Waals surface area contributed by atoms with E-state index in [1.54, 1.807) is 12.1 Å². The number of benzene rings is 2. The molecule has 0 fully saturated rings. The molecule has 2 N–H and O–H groups in total. The van der Waals surface area contributed by atoms with Crippen molar-refractivity contribution in [2.24, 2.45) is 0 Å². The number of halogens is 2. The Morgan fingerprint density at radius 1 is 1.21 bits per heavy atom. The Morgan fingerprint density at radius 3 is 2.54 bits per heavy atom. The summed E-state index contributed by atoms with van der Waals surface area (Å²) in [5.74, 6) is -1.75. The summed E-state index contributed by atoms with van der Waals surface area (Å²) in [7, 11) is 0. The molecule has 0 unspecified atom stereocenters. The second kappa shape index (κ2) is 8.31. The lowest BCUT2D eigenvalue weighted by molar-refractivity contribution is -0.137. The fraction of sp³-hybridized carbons (Fsp3) is 0.176. The van der Waals surface area contributed by atoms with Gasteiger partial charge in [0.25, 0.3) is 0 Å². The number of carboxylic acid groups (broad SMARTS) is 1. The van der Waals surface area contributed by atoms with Gasteiger partial charge < -0.3 is 15.2 Å². The van der Waals surface area contributed by atoms with Crippen molar-refractivity contribution < 1.29 is 23.8 Å². The Kier molecular flexibility index (Phi) is 6.14. The van der Waals surface area contributed by atoms with E-state index in [2.05, 4.69) is 5.32 Å². The molecule has 1 atom stereocenters. The number of aliphatic carboxylic acids is 1. The molecule has 0 aliphatic heterocycles.